The molecule has 0 saturated heterocycles. The zero-order valence-electron chi connectivity index (χ0n) is 11.2. The maximum absolute atomic E-state index is 3.60. The van der Waals surface area contributed by atoms with E-state index in [4.69, 9.17) is 0 Å². The van der Waals surface area contributed by atoms with Crippen molar-refractivity contribution < 1.29 is 0 Å². The Morgan fingerprint density at radius 2 is 1.73 bits per heavy atom. The maximum atomic E-state index is 3.60. The van der Waals surface area contributed by atoms with Gasteiger partial charge in [-0.15, -0.1) is 0 Å². The van der Waals surface area contributed by atoms with Crippen LogP contribution < -0.4 is 5.32 Å². The van der Waals surface area contributed by atoms with Gasteiger partial charge in [-0.1, -0.05) is 34.1 Å². The summed E-state index contributed by atoms with van der Waals surface area (Å²) in [5.41, 5.74) is 0. The predicted molar refractivity (Wildman–Crippen MR) is 73.7 cm³/mol. The van der Waals surface area contributed by atoms with Gasteiger partial charge in [0.25, 0.3) is 0 Å². The van der Waals surface area contributed by atoms with Crippen LogP contribution in [0.5, 0.6) is 0 Å². The lowest BCUT2D eigenvalue weighted by molar-refractivity contribution is 0.511. The maximum Gasteiger partial charge on any atom is 0.0144 e. The first-order chi connectivity index (χ1) is 7.06. The van der Waals surface area contributed by atoms with E-state index in [9.17, 15) is 0 Å². The second kappa shape index (κ2) is 9.53. The van der Waals surface area contributed by atoms with Crippen molar-refractivity contribution in [2.45, 2.75) is 65.2 Å². The molecule has 0 aliphatic carbocycles. The summed E-state index contributed by atoms with van der Waals surface area (Å²) in [5.74, 6) is 2.15. The van der Waals surface area contributed by atoms with E-state index in [2.05, 4.69) is 51.7 Å². The van der Waals surface area contributed by atoms with E-state index >= 15 is 0 Å². The summed E-state index contributed by atoms with van der Waals surface area (Å²) in [4.78, 5) is 0. The average Bonchev–Trinajstić information content (AvgIpc) is 2.14. The van der Waals surface area contributed by atoms with Gasteiger partial charge in [-0.3, -0.25) is 0 Å². The van der Waals surface area contributed by atoms with Crippen LogP contribution >= 0.6 is 11.8 Å². The van der Waals surface area contributed by atoms with Gasteiger partial charge in [0.05, 0.1) is 0 Å². The van der Waals surface area contributed by atoms with Crippen LogP contribution in [-0.4, -0.2) is 23.6 Å². The van der Waals surface area contributed by atoms with E-state index in [1.807, 2.05) is 0 Å². The van der Waals surface area contributed by atoms with Gasteiger partial charge < -0.3 is 5.32 Å². The summed E-state index contributed by atoms with van der Waals surface area (Å²) in [6.45, 7) is 12.6. The fraction of sp³-hybridized carbons (Fsp3) is 1.00. The molecule has 2 heteroatoms. The Morgan fingerprint density at radius 1 is 1.07 bits per heavy atom. The first-order valence-electron chi connectivity index (χ1n) is 6.41. The molecule has 0 aromatic rings. The van der Waals surface area contributed by atoms with Crippen LogP contribution in [0.4, 0.5) is 0 Å². The summed E-state index contributed by atoms with van der Waals surface area (Å²) in [6.07, 6.45) is 3.92. The lowest BCUT2D eigenvalue weighted by Crippen LogP contribution is -2.31. The lowest BCUT2D eigenvalue weighted by atomic mass is 10.2. The van der Waals surface area contributed by atoms with Gasteiger partial charge >= 0.3 is 0 Å². The molecule has 0 radical (unpaired) electrons. The molecular weight excluding hydrogens is 202 g/mol. The highest BCUT2D eigenvalue weighted by Crippen LogP contribution is 2.14. The zero-order valence-corrected chi connectivity index (χ0v) is 12.0. The van der Waals surface area contributed by atoms with E-state index in [1.54, 1.807) is 0 Å². The molecule has 2 atom stereocenters. The number of nitrogens with one attached hydrogen (secondary N) is 1. The Balaban J connectivity index is 3.36. The van der Waals surface area contributed by atoms with Crippen LogP contribution in [-0.2, 0) is 0 Å². The van der Waals surface area contributed by atoms with Crippen molar-refractivity contribution in [3.8, 4) is 0 Å². The van der Waals surface area contributed by atoms with Crippen LogP contribution in [0.25, 0.3) is 0 Å². The third-order valence-corrected chi connectivity index (χ3v) is 3.78. The van der Waals surface area contributed by atoms with E-state index in [0.29, 0.717) is 6.04 Å². The van der Waals surface area contributed by atoms with E-state index in [0.717, 1.165) is 17.7 Å². The Labute approximate surface area is 101 Å². The second-order valence-electron chi connectivity index (χ2n) is 4.96. The predicted octanol–water partition coefficient (Wildman–Crippen LogP) is 3.93. The van der Waals surface area contributed by atoms with Gasteiger partial charge in [0.15, 0.2) is 0 Å². The zero-order chi connectivity index (χ0) is 11.7. The molecule has 0 heterocycles. The van der Waals surface area contributed by atoms with Gasteiger partial charge in [-0.25, -0.2) is 0 Å². The van der Waals surface area contributed by atoms with Crippen molar-refractivity contribution >= 4 is 11.8 Å². The smallest absolute Gasteiger partial charge is 0.0144 e. The third-order valence-electron chi connectivity index (χ3n) is 2.57. The first kappa shape index (κ1) is 15.3. The van der Waals surface area contributed by atoms with Crippen LogP contribution in [0, 0.1) is 5.92 Å². The van der Waals surface area contributed by atoms with E-state index in [-0.39, 0.29) is 0 Å². The topological polar surface area (TPSA) is 12.0 Å². The summed E-state index contributed by atoms with van der Waals surface area (Å²) in [6, 6.07) is 0.683. The van der Waals surface area contributed by atoms with Crippen molar-refractivity contribution in [2.75, 3.05) is 12.3 Å². The quantitative estimate of drug-likeness (QED) is 0.645. The van der Waals surface area contributed by atoms with E-state index in [1.165, 1.54) is 25.0 Å². The van der Waals surface area contributed by atoms with Crippen molar-refractivity contribution in [3.63, 3.8) is 0 Å². The minimum Gasteiger partial charge on any atom is -0.313 e. The summed E-state index contributed by atoms with van der Waals surface area (Å²) in [5, 5.41) is 4.35. The number of hydrogen-bond donors (Lipinski definition) is 1. The van der Waals surface area contributed by atoms with Crippen molar-refractivity contribution in [3.05, 3.63) is 0 Å². The molecule has 0 fully saturated rings. The molecule has 0 aliphatic rings. The largest absolute Gasteiger partial charge is 0.313 e. The molecular formula is C13H29NS. The minimum absolute atomic E-state index is 0.683. The SMILES string of the molecule is CCCC(C)NCC(C)SCCC(C)C. The Kier molecular flexibility index (Phi) is 9.73. The summed E-state index contributed by atoms with van der Waals surface area (Å²) >= 11 is 2.10. The molecule has 0 aliphatic heterocycles. The minimum atomic E-state index is 0.683. The fourth-order valence-electron chi connectivity index (χ4n) is 1.47. The highest BCUT2D eigenvalue weighted by Gasteiger charge is 2.05. The third kappa shape index (κ3) is 10.6. The van der Waals surface area contributed by atoms with Gasteiger partial charge in [0, 0.05) is 17.8 Å². The normalized spacial score (nSPS) is 15.6. The fourth-order valence-corrected chi connectivity index (χ4v) is 2.69. The standard InChI is InChI=1S/C13H29NS/c1-6-7-12(4)14-10-13(5)15-9-8-11(2)3/h11-14H,6-10H2,1-5H3. The van der Waals surface area contributed by atoms with Gasteiger partial charge in [0.1, 0.15) is 0 Å². The van der Waals surface area contributed by atoms with Crippen molar-refractivity contribution in [1.29, 1.82) is 0 Å². The second-order valence-corrected chi connectivity index (χ2v) is 6.51. The van der Waals surface area contributed by atoms with Crippen LogP contribution in [0.15, 0.2) is 0 Å². The van der Waals surface area contributed by atoms with Crippen molar-refractivity contribution in [1.82, 2.24) is 5.32 Å². The Hall–Kier alpha value is 0.310. The molecule has 0 rings (SSSR count). The molecule has 92 valence electrons. The number of rotatable bonds is 9. The van der Waals surface area contributed by atoms with Gasteiger partial charge in [0.2, 0.25) is 0 Å². The molecule has 0 aromatic heterocycles. The average molecular weight is 231 g/mol. The summed E-state index contributed by atoms with van der Waals surface area (Å²) < 4.78 is 0. The van der Waals surface area contributed by atoms with Crippen molar-refractivity contribution in [2.24, 2.45) is 5.92 Å². The molecule has 0 spiro atoms. The van der Waals surface area contributed by atoms with Crippen LogP contribution in [0.2, 0.25) is 0 Å². The lowest BCUT2D eigenvalue weighted by Gasteiger charge is -2.17. The number of thioether (sulfide) groups is 1. The monoisotopic (exact) mass is 231 g/mol. The molecule has 0 saturated carbocycles. The highest BCUT2D eigenvalue weighted by atomic mass is 32.2. The highest BCUT2D eigenvalue weighted by molar-refractivity contribution is 7.99. The molecule has 2 unspecified atom stereocenters. The van der Waals surface area contributed by atoms with Gasteiger partial charge in [-0.2, -0.15) is 11.8 Å². The molecule has 1 N–H and O–H groups in total. The number of hydrogen-bond acceptors (Lipinski definition) is 2. The Bertz CT molecular complexity index is 136. The van der Waals surface area contributed by atoms with E-state index < -0.39 is 0 Å². The van der Waals surface area contributed by atoms with Crippen LogP contribution in [0.3, 0.4) is 0 Å². The van der Waals surface area contributed by atoms with Gasteiger partial charge in [-0.05, 0) is 31.4 Å². The summed E-state index contributed by atoms with van der Waals surface area (Å²) in [7, 11) is 0. The molecule has 0 aromatic carbocycles. The first-order valence-corrected chi connectivity index (χ1v) is 7.46. The van der Waals surface area contributed by atoms with Crippen LogP contribution in [0.1, 0.15) is 53.9 Å². The molecule has 15 heavy (non-hydrogen) atoms. The Morgan fingerprint density at radius 3 is 2.27 bits per heavy atom. The molecule has 0 bridgehead atoms. The molecule has 0 amide bonds. The molecule has 1 nitrogen and oxygen atoms in total.